The van der Waals surface area contributed by atoms with Gasteiger partial charge < -0.3 is 0 Å². The van der Waals surface area contributed by atoms with Gasteiger partial charge >= 0.3 is 0 Å². The number of imide groups is 2. The van der Waals surface area contributed by atoms with Crippen molar-refractivity contribution in [3.63, 3.8) is 0 Å². The average Bonchev–Trinajstić information content (AvgIpc) is 2.70. The molecule has 0 spiro atoms. The zero-order valence-corrected chi connectivity index (χ0v) is 14.0. The Morgan fingerprint density at radius 3 is 2.38 bits per heavy atom. The van der Waals surface area contributed by atoms with Gasteiger partial charge in [-0.05, 0) is 36.0 Å². The first-order chi connectivity index (χ1) is 11.2. The van der Waals surface area contributed by atoms with Crippen molar-refractivity contribution >= 4 is 23.6 Å². The molecule has 0 aromatic heterocycles. The number of hydrogen-bond acceptors (Lipinski definition) is 4. The Morgan fingerprint density at radius 2 is 1.75 bits per heavy atom. The lowest BCUT2D eigenvalue weighted by atomic mass is 9.87. The van der Waals surface area contributed by atoms with E-state index >= 15 is 0 Å². The van der Waals surface area contributed by atoms with Gasteiger partial charge in [-0.15, -0.1) is 0 Å². The van der Waals surface area contributed by atoms with Crippen LogP contribution >= 0.6 is 0 Å². The minimum atomic E-state index is -0.916. The van der Waals surface area contributed by atoms with E-state index in [2.05, 4.69) is 26.1 Å². The van der Waals surface area contributed by atoms with Gasteiger partial charge in [0.2, 0.25) is 11.8 Å². The minimum Gasteiger partial charge on any atom is -0.295 e. The number of fused-ring (bicyclic) bond motifs is 1. The zero-order valence-electron chi connectivity index (χ0n) is 14.0. The molecule has 1 aromatic rings. The molecule has 126 valence electrons. The fourth-order valence-corrected chi connectivity index (χ4v) is 3.24. The van der Waals surface area contributed by atoms with Crippen molar-refractivity contribution in [3.05, 3.63) is 34.9 Å². The van der Waals surface area contributed by atoms with E-state index in [-0.39, 0.29) is 24.2 Å². The Labute approximate surface area is 140 Å². The molecule has 1 atom stereocenters. The van der Waals surface area contributed by atoms with Crippen molar-refractivity contribution in [1.82, 2.24) is 10.2 Å². The van der Waals surface area contributed by atoms with E-state index in [0.29, 0.717) is 11.1 Å². The number of hydrogen-bond donors (Lipinski definition) is 1. The number of piperidine rings is 1. The highest BCUT2D eigenvalue weighted by Gasteiger charge is 2.44. The normalized spacial score (nSPS) is 21.1. The van der Waals surface area contributed by atoms with E-state index in [1.807, 2.05) is 6.07 Å². The molecule has 4 amide bonds. The zero-order chi connectivity index (χ0) is 17.6. The molecular weight excluding hydrogens is 308 g/mol. The van der Waals surface area contributed by atoms with Gasteiger partial charge in [0.25, 0.3) is 11.8 Å². The van der Waals surface area contributed by atoms with Crippen molar-refractivity contribution < 1.29 is 19.2 Å². The number of carbonyl (C=O) groups is 4. The lowest BCUT2D eigenvalue weighted by Gasteiger charge is -2.27. The summed E-state index contributed by atoms with van der Waals surface area (Å²) in [6.07, 6.45) is 1.07. The molecule has 0 radical (unpaired) electrons. The third kappa shape index (κ3) is 2.84. The molecule has 1 N–H and O–H groups in total. The number of rotatable bonds is 2. The van der Waals surface area contributed by atoms with E-state index in [4.69, 9.17) is 0 Å². The maximum Gasteiger partial charge on any atom is 0.262 e. The van der Waals surface area contributed by atoms with Crippen LogP contribution in [0.4, 0.5) is 0 Å². The third-order valence-corrected chi connectivity index (χ3v) is 4.24. The largest absolute Gasteiger partial charge is 0.295 e. The molecule has 1 saturated heterocycles. The molecule has 6 nitrogen and oxygen atoms in total. The first kappa shape index (κ1) is 16.4. The monoisotopic (exact) mass is 328 g/mol. The second-order valence-corrected chi connectivity index (χ2v) is 7.56. The molecule has 0 aliphatic carbocycles. The summed E-state index contributed by atoms with van der Waals surface area (Å²) < 4.78 is 0. The van der Waals surface area contributed by atoms with Gasteiger partial charge in [-0.1, -0.05) is 26.8 Å². The van der Waals surface area contributed by atoms with Gasteiger partial charge in [0.15, 0.2) is 0 Å². The molecule has 6 heteroatoms. The van der Waals surface area contributed by atoms with Crippen molar-refractivity contribution in [3.8, 4) is 0 Å². The van der Waals surface area contributed by atoms with Crippen LogP contribution in [0.1, 0.15) is 59.9 Å². The Hall–Kier alpha value is -2.50. The molecule has 2 aliphatic heterocycles. The maximum absolute atomic E-state index is 12.7. The van der Waals surface area contributed by atoms with E-state index in [1.54, 1.807) is 12.1 Å². The first-order valence-electron chi connectivity index (χ1n) is 8.02. The second kappa shape index (κ2) is 5.54. The van der Waals surface area contributed by atoms with Crippen molar-refractivity contribution in [2.75, 3.05) is 0 Å². The topological polar surface area (TPSA) is 83.6 Å². The summed E-state index contributed by atoms with van der Waals surface area (Å²) in [6, 6.07) is 4.33. The first-order valence-corrected chi connectivity index (χ1v) is 8.02. The molecule has 1 aromatic carbocycles. The van der Waals surface area contributed by atoms with E-state index in [1.165, 1.54) is 0 Å². The molecule has 1 fully saturated rings. The fourth-order valence-electron chi connectivity index (χ4n) is 3.24. The van der Waals surface area contributed by atoms with Crippen LogP contribution in [0.5, 0.6) is 0 Å². The summed E-state index contributed by atoms with van der Waals surface area (Å²) in [5, 5.41) is 2.19. The highest BCUT2D eigenvalue weighted by Crippen LogP contribution is 2.30. The highest BCUT2D eigenvalue weighted by atomic mass is 16.2. The van der Waals surface area contributed by atoms with E-state index < -0.39 is 23.8 Å². The summed E-state index contributed by atoms with van der Waals surface area (Å²) in [7, 11) is 0. The Morgan fingerprint density at radius 1 is 1.08 bits per heavy atom. The van der Waals surface area contributed by atoms with Crippen LogP contribution in [0, 0.1) is 5.41 Å². The molecule has 24 heavy (non-hydrogen) atoms. The lowest BCUT2D eigenvalue weighted by molar-refractivity contribution is -0.136. The Kier molecular flexibility index (Phi) is 3.78. The standard InChI is InChI=1S/C18H20N2O4/c1-18(2,3)9-10-4-5-11-12(8-10)17(24)20(16(11)23)13-6-7-14(21)19-15(13)22/h4-5,8,13H,6-7,9H2,1-3H3,(H,19,21,22). The molecule has 2 aliphatic rings. The predicted octanol–water partition coefficient (Wildman–Crippen LogP) is 1.68. The fraction of sp³-hybridized carbons (Fsp3) is 0.444. The van der Waals surface area contributed by atoms with Gasteiger partial charge in [0.1, 0.15) is 6.04 Å². The number of nitrogens with one attached hydrogen (secondary N) is 1. The maximum atomic E-state index is 12.7. The van der Waals surface area contributed by atoms with Crippen LogP contribution in [0.15, 0.2) is 18.2 Å². The van der Waals surface area contributed by atoms with Crippen LogP contribution in [0.25, 0.3) is 0 Å². The third-order valence-electron chi connectivity index (χ3n) is 4.24. The van der Waals surface area contributed by atoms with Crippen molar-refractivity contribution in [2.24, 2.45) is 5.41 Å². The molecule has 0 bridgehead atoms. The highest BCUT2D eigenvalue weighted by molar-refractivity contribution is 6.23. The Balaban J connectivity index is 1.91. The summed E-state index contributed by atoms with van der Waals surface area (Å²) in [5.41, 5.74) is 1.70. The summed E-state index contributed by atoms with van der Waals surface area (Å²) in [5.74, 6) is -1.89. The average molecular weight is 328 g/mol. The molecule has 2 heterocycles. The quantitative estimate of drug-likeness (QED) is 0.837. The Bertz CT molecular complexity index is 761. The summed E-state index contributed by atoms with van der Waals surface area (Å²) in [4.78, 5) is 49.5. The number of amides is 4. The van der Waals surface area contributed by atoms with Gasteiger partial charge in [0.05, 0.1) is 11.1 Å². The van der Waals surface area contributed by atoms with Crippen molar-refractivity contribution in [1.29, 1.82) is 0 Å². The summed E-state index contributed by atoms with van der Waals surface area (Å²) >= 11 is 0. The number of benzene rings is 1. The van der Waals surface area contributed by atoms with Gasteiger partial charge in [-0.25, -0.2) is 0 Å². The van der Waals surface area contributed by atoms with Crippen LogP contribution < -0.4 is 5.32 Å². The molecule has 3 rings (SSSR count). The van der Waals surface area contributed by atoms with E-state index in [0.717, 1.165) is 16.9 Å². The molecule has 1 unspecified atom stereocenters. The minimum absolute atomic E-state index is 0.0587. The second-order valence-electron chi connectivity index (χ2n) is 7.56. The van der Waals surface area contributed by atoms with Gasteiger partial charge in [-0.3, -0.25) is 29.4 Å². The lowest BCUT2D eigenvalue weighted by Crippen LogP contribution is -2.54. The predicted molar refractivity (Wildman–Crippen MR) is 86.3 cm³/mol. The van der Waals surface area contributed by atoms with Gasteiger partial charge in [-0.2, -0.15) is 0 Å². The van der Waals surface area contributed by atoms with Crippen LogP contribution in [0.3, 0.4) is 0 Å². The van der Waals surface area contributed by atoms with Crippen LogP contribution in [0.2, 0.25) is 0 Å². The van der Waals surface area contributed by atoms with E-state index in [9.17, 15) is 19.2 Å². The van der Waals surface area contributed by atoms with Crippen LogP contribution in [-0.2, 0) is 16.0 Å². The smallest absolute Gasteiger partial charge is 0.262 e. The molecular formula is C18H20N2O4. The summed E-state index contributed by atoms with van der Waals surface area (Å²) in [6.45, 7) is 6.30. The number of nitrogens with zero attached hydrogens (tertiary/aromatic N) is 1. The molecule has 0 saturated carbocycles. The van der Waals surface area contributed by atoms with Crippen molar-refractivity contribution in [2.45, 2.75) is 46.1 Å². The van der Waals surface area contributed by atoms with Gasteiger partial charge in [0, 0.05) is 6.42 Å². The number of carbonyl (C=O) groups excluding carboxylic acids is 4. The SMILES string of the molecule is CC(C)(C)Cc1ccc2c(c1)C(=O)N(C1CCC(=O)NC1=O)C2=O. The van der Waals surface area contributed by atoms with Crippen LogP contribution in [-0.4, -0.2) is 34.6 Å².